The van der Waals surface area contributed by atoms with Gasteiger partial charge in [-0.25, -0.2) is 0 Å². The molecule has 0 spiro atoms. The van der Waals surface area contributed by atoms with Crippen molar-refractivity contribution >= 4 is 16.1 Å². The van der Waals surface area contributed by atoms with Crippen molar-refractivity contribution in [3.05, 3.63) is 0 Å². The number of rotatable bonds is 6. The van der Waals surface area contributed by atoms with Crippen molar-refractivity contribution in [2.75, 3.05) is 6.26 Å². The van der Waals surface area contributed by atoms with E-state index in [1.807, 2.05) is 0 Å². The minimum Gasteiger partial charge on any atom is -0.481 e. The number of hydrogen-bond acceptors (Lipinski definition) is 6. The minimum absolute atomic E-state index is 0.0451. The Labute approximate surface area is 198 Å². The predicted octanol–water partition coefficient (Wildman–Crippen LogP) is 3.43. The molecule has 8 heteroatoms. The van der Waals surface area contributed by atoms with Crippen LogP contribution in [0.4, 0.5) is 0 Å². The Kier molecular flexibility index (Phi) is 6.74. The molecule has 4 rings (SSSR count). The van der Waals surface area contributed by atoms with Crippen LogP contribution in [0.15, 0.2) is 0 Å². The maximum absolute atomic E-state index is 11.7. The van der Waals surface area contributed by atoms with Gasteiger partial charge in [0.1, 0.15) is 0 Å². The molecule has 0 aromatic carbocycles. The molecule has 0 heterocycles. The smallest absolute Gasteiger partial charge is 0.303 e. The molecular weight excluding hydrogens is 444 g/mol. The minimum atomic E-state index is -3.51. The Morgan fingerprint density at radius 2 is 1.79 bits per heavy atom. The zero-order valence-electron chi connectivity index (χ0n) is 20.4. The van der Waals surface area contributed by atoms with E-state index in [1.54, 1.807) is 0 Å². The van der Waals surface area contributed by atoms with Crippen molar-refractivity contribution in [2.24, 2.45) is 46.3 Å². The van der Waals surface area contributed by atoms with Gasteiger partial charge in [-0.2, -0.15) is 8.42 Å². The Balaban J connectivity index is 1.56. The Morgan fingerprint density at radius 3 is 2.42 bits per heavy atom. The summed E-state index contributed by atoms with van der Waals surface area (Å²) in [7, 11) is -3.51. The van der Waals surface area contributed by atoms with Gasteiger partial charge in [-0.05, 0) is 97.7 Å². The second kappa shape index (κ2) is 8.75. The molecule has 0 aromatic rings. The van der Waals surface area contributed by atoms with Gasteiger partial charge in [0.2, 0.25) is 0 Å². The highest BCUT2D eigenvalue weighted by Gasteiger charge is 2.65. The molecule has 4 aliphatic carbocycles. The summed E-state index contributed by atoms with van der Waals surface area (Å²) in [5.74, 6) is 0.432. The van der Waals surface area contributed by atoms with Crippen molar-refractivity contribution in [3.8, 4) is 0 Å². The normalized spacial score (nSPS) is 48.4. The van der Waals surface area contributed by atoms with Crippen LogP contribution >= 0.6 is 0 Å². The molecule has 3 N–H and O–H groups in total. The summed E-state index contributed by atoms with van der Waals surface area (Å²) in [4.78, 5) is 11.1. The van der Waals surface area contributed by atoms with Gasteiger partial charge in [0.05, 0.1) is 24.6 Å². The van der Waals surface area contributed by atoms with Crippen molar-refractivity contribution in [1.29, 1.82) is 0 Å². The van der Waals surface area contributed by atoms with Crippen LogP contribution in [0.3, 0.4) is 0 Å². The van der Waals surface area contributed by atoms with Gasteiger partial charge in [0.15, 0.2) is 0 Å². The third-order valence-corrected chi connectivity index (χ3v) is 11.2. The van der Waals surface area contributed by atoms with E-state index in [9.17, 15) is 23.4 Å². The summed E-state index contributed by atoms with van der Waals surface area (Å²) in [6, 6.07) is 0. The summed E-state index contributed by atoms with van der Waals surface area (Å²) in [6.07, 6.45) is 6.02. The first-order chi connectivity index (χ1) is 15.3. The lowest BCUT2D eigenvalue weighted by atomic mass is 9.43. The third kappa shape index (κ3) is 4.38. The van der Waals surface area contributed by atoms with Gasteiger partial charge in [0.25, 0.3) is 10.1 Å². The molecule has 33 heavy (non-hydrogen) atoms. The SMILES string of the molecule is C[C@H](CCC(=O)O)[C@H]1CC[C@H]2[C@@H]3[C@H](O)C[C@H]4C[C@H](OS(C)(=O)=O)CC[C@]4(C)[C@H]3C[C@H](O)[C@]12C. The number of aliphatic hydroxyl groups is 2. The number of hydrogen-bond donors (Lipinski definition) is 3. The zero-order valence-corrected chi connectivity index (χ0v) is 21.3. The van der Waals surface area contributed by atoms with E-state index in [2.05, 4.69) is 20.8 Å². The molecular formula is C25H42O7S. The average Bonchev–Trinajstić information content (AvgIpc) is 3.05. The van der Waals surface area contributed by atoms with Crippen molar-refractivity contribution < 1.29 is 32.7 Å². The molecule has 4 aliphatic rings. The molecule has 4 saturated carbocycles. The molecule has 4 fully saturated rings. The maximum atomic E-state index is 11.7. The van der Waals surface area contributed by atoms with Crippen LogP contribution in [-0.4, -0.2) is 54.3 Å². The van der Waals surface area contributed by atoms with E-state index in [0.717, 1.165) is 25.5 Å². The van der Waals surface area contributed by atoms with Gasteiger partial charge in [-0.1, -0.05) is 20.8 Å². The van der Waals surface area contributed by atoms with Crippen LogP contribution in [0.1, 0.15) is 78.6 Å². The number of fused-ring (bicyclic) bond motifs is 5. The zero-order chi connectivity index (χ0) is 24.3. The molecule has 0 aliphatic heterocycles. The lowest BCUT2D eigenvalue weighted by Crippen LogP contribution is -2.62. The summed E-state index contributed by atoms with van der Waals surface area (Å²) in [5, 5.41) is 32.1. The second-order valence-electron chi connectivity index (χ2n) is 12.2. The summed E-state index contributed by atoms with van der Waals surface area (Å²) >= 11 is 0. The first-order valence-electron chi connectivity index (χ1n) is 12.7. The summed E-state index contributed by atoms with van der Waals surface area (Å²) < 4.78 is 28.7. The van der Waals surface area contributed by atoms with E-state index >= 15 is 0 Å². The van der Waals surface area contributed by atoms with Crippen molar-refractivity contribution in [2.45, 2.75) is 96.9 Å². The number of aliphatic hydroxyl groups excluding tert-OH is 2. The first-order valence-corrected chi connectivity index (χ1v) is 14.5. The molecule has 0 aromatic heterocycles. The fraction of sp³-hybridized carbons (Fsp3) is 0.960. The van der Waals surface area contributed by atoms with Crippen LogP contribution in [0.5, 0.6) is 0 Å². The van der Waals surface area contributed by atoms with Gasteiger partial charge in [-0.3, -0.25) is 8.98 Å². The van der Waals surface area contributed by atoms with Gasteiger partial charge in [0, 0.05) is 6.42 Å². The highest BCUT2D eigenvalue weighted by Crippen LogP contribution is 2.68. The van der Waals surface area contributed by atoms with E-state index in [0.29, 0.717) is 32.1 Å². The van der Waals surface area contributed by atoms with Crippen LogP contribution in [-0.2, 0) is 19.1 Å². The third-order valence-electron chi connectivity index (χ3n) is 10.6. The summed E-state index contributed by atoms with van der Waals surface area (Å²) in [6.45, 7) is 6.60. The van der Waals surface area contributed by atoms with E-state index in [4.69, 9.17) is 9.29 Å². The van der Waals surface area contributed by atoms with Crippen LogP contribution < -0.4 is 0 Å². The monoisotopic (exact) mass is 486 g/mol. The van der Waals surface area contributed by atoms with Gasteiger partial charge in [-0.15, -0.1) is 0 Å². The van der Waals surface area contributed by atoms with Crippen LogP contribution in [0.25, 0.3) is 0 Å². The van der Waals surface area contributed by atoms with E-state index in [1.165, 1.54) is 0 Å². The van der Waals surface area contributed by atoms with Gasteiger partial charge < -0.3 is 15.3 Å². The van der Waals surface area contributed by atoms with Crippen molar-refractivity contribution in [1.82, 2.24) is 0 Å². The lowest BCUT2D eigenvalue weighted by molar-refractivity contribution is -0.206. The lowest BCUT2D eigenvalue weighted by Gasteiger charge is -2.63. The second-order valence-corrected chi connectivity index (χ2v) is 13.8. The maximum Gasteiger partial charge on any atom is 0.303 e. The number of carboxylic acid groups (broad SMARTS) is 1. The fourth-order valence-electron chi connectivity index (χ4n) is 9.00. The Morgan fingerprint density at radius 1 is 1.09 bits per heavy atom. The largest absolute Gasteiger partial charge is 0.481 e. The topological polar surface area (TPSA) is 121 Å². The average molecular weight is 487 g/mol. The predicted molar refractivity (Wildman–Crippen MR) is 124 cm³/mol. The standard InChI is InChI=1S/C25H42O7S/c1-14(5-8-22(28)29)17-6-7-18-23-19(13-21(27)25(17,18)3)24(2)10-9-16(32-33(4,30)31)11-15(24)12-20(23)26/h14-21,23,26-27H,5-13H2,1-4H3,(H,28,29)/t14-,15-,16-,17-,18+,19+,20-,21+,23+,24+,25-/m1/s1. The quantitative estimate of drug-likeness (QED) is 0.492. The molecule has 11 atom stereocenters. The fourth-order valence-corrected chi connectivity index (χ4v) is 9.67. The Hall–Kier alpha value is -0.700. The first kappa shape index (κ1) is 25.4. The molecule has 0 unspecified atom stereocenters. The van der Waals surface area contributed by atoms with Crippen LogP contribution in [0.2, 0.25) is 0 Å². The van der Waals surface area contributed by atoms with E-state index in [-0.39, 0.29) is 58.9 Å². The summed E-state index contributed by atoms with van der Waals surface area (Å²) in [5.41, 5.74) is -0.351. The highest BCUT2D eigenvalue weighted by molar-refractivity contribution is 7.86. The van der Waals surface area contributed by atoms with Gasteiger partial charge >= 0.3 is 5.97 Å². The van der Waals surface area contributed by atoms with E-state index < -0.39 is 28.3 Å². The number of carbonyl (C=O) groups is 1. The molecule has 0 bridgehead atoms. The van der Waals surface area contributed by atoms with Crippen molar-refractivity contribution in [3.63, 3.8) is 0 Å². The number of aliphatic carboxylic acids is 1. The van der Waals surface area contributed by atoms with Crippen LogP contribution in [0, 0.1) is 46.3 Å². The molecule has 0 amide bonds. The Bertz CT molecular complexity index is 859. The number of carboxylic acids is 1. The highest BCUT2D eigenvalue weighted by atomic mass is 32.2. The molecule has 190 valence electrons. The molecule has 0 radical (unpaired) electrons. The molecule has 7 nitrogen and oxygen atoms in total. The molecule has 0 saturated heterocycles.